The van der Waals surface area contributed by atoms with Gasteiger partial charge in [0.15, 0.2) is 11.5 Å². The van der Waals surface area contributed by atoms with Crippen LogP contribution in [0.25, 0.3) is 34.3 Å². The predicted octanol–water partition coefficient (Wildman–Crippen LogP) is 6.11. The Labute approximate surface area is 255 Å². The molecule has 1 saturated heterocycles. The van der Waals surface area contributed by atoms with Crippen LogP contribution in [0.5, 0.6) is 11.5 Å². The second-order valence-electron chi connectivity index (χ2n) is 10.2. The molecule has 11 heteroatoms. The number of urea groups is 1. The van der Waals surface area contributed by atoms with Gasteiger partial charge in [0, 0.05) is 29.4 Å². The highest BCUT2D eigenvalue weighted by Gasteiger charge is 2.38. The van der Waals surface area contributed by atoms with E-state index in [-0.39, 0.29) is 23.7 Å². The highest BCUT2D eigenvalue weighted by atomic mass is 16.7. The molecule has 5 aromatic rings. The fraction of sp³-hybridized carbons (Fsp3) is 0.0294. The van der Waals surface area contributed by atoms with Crippen LogP contribution in [0.1, 0.15) is 5.56 Å². The fourth-order valence-corrected chi connectivity index (χ4v) is 5.42. The number of aromatic nitrogens is 1. The number of benzene rings is 4. The number of hydrogen-bond donors (Lipinski definition) is 1. The van der Waals surface area contributed by atoms with Crippen molar-refractivity contribution in [1.82, 2.24) is 9.88 Å². The number of imide groups is 2. The number of amides is 4. The van der Waals surface area contributed by atoms with Crippen molar-refractivity contribution >= 4 is 35.3 Å². The average molecular weight is 599 g/mol. The molecule has 2 aliphatic heterocycles. The summed E-state index contributed by atoms with van der Waals surface area (Å²) in [6, 6.07) is 30.6. The van der Waals surface area contributed by atoms with Gasteiger partial charge in [-0.3, -0.25) is 25.0 Å². The molecule has 7 rings (SSSR count). The predicted molar refractivity (Wildman–Crippen MR) is 165 cm³/mol. The molecular formula is C34H22N4O7. The third-order valence-electron chi connectivity index (χ3n) is 7.48. The summed E-state index contributed by atoms with van der Waals surface area (Å²) in [7, 11) is 0. The number of nitrogens with one attached hydrogen (secondary N) is 1. The first-order valence-corrected chi connectivity index (χ1v) is 13.8. The first-order chi connectivity index (χ1) is 21.9. The summed E-state index contributed by atoms with van der Waals surface area (Å²) in [5.74, 6) is -0.810. The highest BCUT2D eigenvalue weighted by molar-refractivity contribution is 6.39. The molecule has 1 aromatic heterocycles. The molecule has 0 saturated carbocycles. The number of carbonyl (C=O) groups excluding carboxylic acids is 3. The van der Waals surface area contributed by atoms with Crippen molar-refractivity contribution in [1.29, 1.82) is 0 Å². The number of non-ortho nitro benzene ring substituents is 1. The van der Waals surface area contributed by atoms with E-state index in [1.165, 1.54) is 30.3 Å². The van der Waals surface area contributed by atoms with Gasteiger partial charge in [0.25, 0.3) is 17.5 Å². The zero-order valence-electron chi connectivity index (χ0n) is 23.4. The monoisotopic (exact) mass is 598 g/mol. The van der Waals surface area contributed by atoms with Crippen molar-refractivity contribution < 1.29 is 28.8 Å². The Hall–Kier alpha value is -6.49. The molecule has 1 N–H and O–H groups in total. The van der Waals surface area contributed by atoms with E-state index in [1.54, 1.807) is 18.2 Å². The first-order valence-electron chi connectivity index (χ1n) is 13.8. The normalized spacial score (nSPS) is 15.0. The number of rotatable bonds is 6. The maximum Gasteiger partial charge on any atom is 0.335 e. The molecule has 220 valence electrons. The van der Waals surface area contributed by atoms with Gasteiger partial charge in [0.2, 0.25) is 6.79 Å². The van der Waals surface area contributed by atoms with Crippen LogP contribution in [0.4, 0.5) is 16.2 Å². The molecule has 0 aliphatic carbocycles. The number of hydrogen-bond acceptors (Lipinski definition) is 7. The van der Waals surface area contributed by atoms with E-state index < -0.39 is 22.8 Å². The summed E-state index contributed by atoms with van der Waals surface area (Å²) >= 11 is 0. The standard InChI is InChI=1S/C34H22N4O7/c39-32-27(33(40)37(34(41)35-32)26-15-16-29-30(19-26)45-20-44-29)17-23-18-28(21-7-3-1-4-8-21)36(31(23)22-9-5-2-6-10-22)24-11-13-25(14-12-24)38(42)43/h1-19H,20H2,(H,35,39,41)/b27-17-. The summed E-state index contributed by atoms with van der Waals surface area (Å²) in [5.41, 5.74) is 3.95. The van der Waals surface area contributed by atoms with Crippen LogP contribution in [0.15, 0.2) is 115 Å². The van der Waals surface area contributed by atoms with Gasteiger partial charge in [-0.2, -0.15) is 0 Å². The quantitative estimate of drug-likeness (QED) is 0.108. The topological polar surface area (TPSA) is 133 Å². The Bertz CT molecular complexity index is 2030. The van der Waals surface area contributed by atoms with Crippen LogP contribution < -0.4 is 19.7 Å². The SMILES string of the molecule is O=C1NC(=O)N(c2ccc3c(c2)OCO3)C(=O)/C1=C\c1cc(-c2ccccc2)n(-c2ccc([N+](=O)[O-])cc2)c1-c1ccccc1. The second kappa shape index (κ2) is 11.0. The highest BCUT2D eigenvalue weighted by Crippen LogP contribution is 2.39. The van der Waals surface area contributed by atoms with Gasteiger partial charge in [-0.1, -0.05) is 60.7 Å². The zero-order valence-corrected chi connectivity index (χ0v) is 23.4. The molecule has 0 radical (unpaired) electrons. The van der Waals surface area contributed by atoms with E-state index in [0.717, 1.165) is 16.0 Å². The van der Waals surface area contributed by atoms with Crippen molar-refractivity contribution in [3.05, 3.63) is 130 Å². The number of fused-ring (bicyclic) bond motifs is 1. The minimum Gasteiger partial charge on any atom is -0.454 e. The van der Waals surface area contributed by atoms with Crippen LogP contribution in [-0.2, 0) is 9.59 Å². The Morgan fingerprint density at radius 3 is 2.09 bits per heavy atom. The van der Waals surface area contributed by atoms with E-state index in [0.29, 0.717) is 34.1 Å². The molecular weight excluding hydrogens is 576 g/mol. The lowest BCUT2D eigenvalue weighted by Gasteiger charge is -2.26. The van der Waals surface area contributed by atoms with E-state index in [2.05, 4.69) is 5.32 Å². The van der Waals surface area contributed by atoms with Crippen molar-refractivity contribution in [2.45, 2.75) is 0 Å². The Kier molecular flexibility index (Phi) is 6.67. The van der Waals surface area contributed by atoms with Crippen molar-refractivity contribution in [3.8, 4) is 39.7 Å². The summed E-state index contributed by atoms with van der Waals surface area (Å²) in [5, 5.41) is 13.7. The molecule has 0 unspecified atom stereocenters. The molecule has 4 amide bonds. The number of barbiturate groups is 1. The Morgan fingerprint density at radius 2 is 1.40 bits per heavy atom. The van der Waals surface area contributed by atoms with Crippen LogP contribution in [0, 0.1) is 10.1 Å². The fourth-order valence-electron chi connectivity index (χ4n) is 5.42. The van der Waals surface area contributed by atoms with Crippen LogP contribution in [-0.4, -0.2) is 34.1 Å². The van der Waals surface area contributed by atoms with Crippen molar-refractivity contribution in [2.24, 2.45) is 0 Å². The van der Waals surface area contributed by atoms with E-state index in [1.807, 2.05) is 71.3 Å². The van der Waals surface area contributed by atoms with Crippen LogP contribution >= 0.6 is 0 Å². The van der Waals surface area contributed by atoms with Gasteiger partial charge in [-0.25, -0.2) is 9.69 Å². The maximum absolute atomic E-state index is 13.9. The molecule has 0 bridgehead atoms. The van der Waals surface area contributed by atoms with Crippen molar-refractivity contribution in [3.63, 3.8) is 0 Å². The summed E-state index contributed by atoms with van der Waals surface area (Å²) in [4.78, 5) is 51.8. The number of nitro benzene ring substituents is 1. The molecule has 2 aliphatic rings. The number of carbonyl (C=O) groups is 3. The molecule has 0 spiro atoms. The molecule has 4 aromatic carbocycles. The Morgan fingerprint density at radius 1 is 0.756 bits per heavy atom. The maximum atomic E-state index is 13.9. The van der Waals surface area contributed by atoms with E-state index in [4.69, 9.17) is 9.47 Å². The molecule has 1 fully saturated rings. The minimum absolute atomic E-state index is 0.0142. The molecule has 3 heterocycles. The van der Waals surface area contributed by atoms with E-state index >= 15 is 0 Å². The summed E-state index contributed by atoms with van der Waals surface area (Å²) in [6.07, 6.45) is 1.46. The Balaban J connectivity index is 1.43. The lowest BCUT2D eigenvalue weighted by Crippen LogP contribution is -2.54. The number of anilines is 1. The third-order valence-corrected chi connectivity index (χ3v) is 7.48. The van der Waals surface area contributed by atoms with Gasteiger partial charge in [0.1, 0.15) is 5.57 Å². The lowest BCUT2D eigenvalue weighted by atomic mass is 10.0. The van der Waals surface area contributed by atoms with Crippen LogP contribution in [0.3, 0.4) is 0 Å². The van der Waals surface area contributed by atoms with Gasteiger partial charge in [0.05, 0.1) is 22.0 Å². The first kappa shape index (κ1) is 27.3. The minimum atomic E-state index is -0.891. The van der Waals surface area contributed by atoms with Crippen molar-refractivity contribution in [2.75, 3.05) is 11.7 Å². The van der Waals surface area contributed by atoms with Gasteiger partial charge in [-0.05, 0) is 47.5 Å². The molecule has 0 atom stereocenters. The van der Waals surface area contributed by atoms with Gasteiger partial charge < -0.3 is 14.0 Å². The van der Waals surface area contributed by atoms with Gasteiger partial charge in [-0.15, -0.1) is 0 Å². The molecule has 45 heavy (non-hydrogen) atoms. The lowest BCUT2D eigenvalue weighted by molar-refractivity contribution is -0.384. The zero-order chi connectivity index (χ0) is 31.1. The van der Waals surface area contributed by atoms with E-state index in [9.17, 15) is 24.5 Å². The smallest absolute Gasteiger partial charge is 0.335 e. The largest absolute Gasteiger partial charge is 0.454 e. The number of nitrogens with zero attached hydrogens (tertiary/aromatic N) is 3. The second-order valence-corrected chi connectivity index (χ2v) is 10.2. The number of ether oxygens (including phenoxy) is 2. The molecule has 11 nitrogen and oxygen atoms in total. The number of nitro groups is 1. The van der Waals surface area contributed by atoms with Crippen LogP contribution in [0.2, 0.25) is 0 Å². The summed E-state index contributed by atoms with van der Waals surface area (Å²) < 4.78 is 12.7. The summed E-state index contributed by atoms with van der Waals surface area (Å²) in [6.45, 7) is 0.0142. The van der Waals surface area contributed by atoms with Gasteiger partial charge >= 0.3 is 6.03 Å². The third kappa shape index (κ3) is 4.87. The average Bonchev–Trinajstić information content (AvgIpc) is 3.68.